The summed E-state index contributed by atoms with van der Waals surface area (Å²) in [5, 5.41) is 4.06. The highest BCUT2D eigenvalue weighted by atomic mass is 79.9. The van der Waals surface area contributed by atoms with Gasteiger partial charge in [0.1, 0.15) is 33.7 Å². The Morgan fingerprint density at radius 1 is 1.21 bits per heavy atom. The number of ether oxygens (including phenoxy) is 3. The molecule has 0 amide bonds. The van der Waals surface area contributed by atoms with Crippen LogP contribution in [0.5, 0.6) is 0 Å². The van der Waals surface area contributed by atoms with Crippen LogP contribution in [0.2, 0.25) is 25.7 Å². The van der Waals surface area contributed by atoms with Crippen LogP contribution in [0.15, 0.2) is 26.1 Å². The molecule has 0 aliphatic carbocycles. The zero-order valence-corrected chi connectivity index (χ0v) is 28.3. The van der Waals surface area contributed by atoms with Crippen molar-refractivity contribution in [3.05, 3.63) is 33.1 Å². The molecule has 2 aromatic heterocycles. The maximum absolute atomic E-state index is 13.1. The first-order chi connectivity index (χ1) is 17.8. The third-order valence-electron chi connectivity index (χ3n) is 6.31. The Morgan fingerprint density at radius 3 is 2.53 bits per heavy atom. The number of nitrogens with zero attached hydrogens (tertiary/aromatic N) is 3. The van der Waals surface area contributed by atoms with Crippen LogP contribution in [0.3, 0.4) is 0 Å². The Balaban J connectivity index is 1.66. The lowest BCUT2D eigenvalue weighted by molar-refractivity contribution is -0.175. The van der Waals surface area contributed by atoms with E-state index in [1.54, 1.807) is 12.3 Å². The molecule has 0 radical (unpaired) electrons. The molecule has 1 saturated heterocycles. The van der Waals surface area contributed by atoms with Crippen LogP contribution >= 0.6 is 31.9 Å². The van der Waals surface area contributed by atoms with E-state index < -0.39 is 29.6 Å². The van der Waals surface area contributed by atoms with Gasteiger partial charge in [-0.3, -0.25) is 4.57 Å². The van der Waals surface area contributed by atoms with Gasteiger partial charge >= 0.3 is 0 Å². The minimum Gasteiger partial charge on any atom is -0.364 e. The van der Waals surface area contributed by atoms with E-state index in [4.69, 9.17) is 23.7 Å². The van der Waals surface area contributed by atoms with Gasteiger partial charge in [0, 0.05) is 27.2 Å². The van der Waals surface area contributed by atoms with E-state index in [0.717, 1.165) is 42.2 Å². The van der Waals surface area contributed by atoms with Crippen molar-refractivity contribution in [3.8, 4) is 0 Å². The largest absolute Gasteiger partial charge is 0.364 e. The van der Waals surface area contributed by atoms with Crippen LogP contribution in [0.25, 0.3) is 0 Å². The van der Waals surface area contributed by atoms with Gasteiger partial charge in [-0.1, -0.05) is 37.6 Å². The molecule has 0 saturated carbocycles. The van der Waals surface area contributed by atoms with Crippen molar-refractivity contribution in [2.45, 2.75) is 102 Å². The van der Waals surface area contributed by atoms with Crippen LogP contribution in [-0.4, -0.2) is 51.6 Å². The van der Waals surface area contributed by atoms with Crippen LogP contribution in [-0.2, 0) is 37.7 Å². The molecule has 1 fully saturated rings. The Morgan fingerprint density at radius 2 is 1.92 bits per heavy atom. The quantitative estimate of drug-likeness (QED) is 0.164. The lowest BCUT2D eigenvalue weighted by Crippen LogP contribution is -2.37. The molecular weight excluding hydrogens is 656 g/mol. The zero-order chi connectivity index (χ0) is 28.0. The number of nitrogens with one attached hydrogen (secondary N) is 1. The predicted molar refractivity (Wildman–Crippen MR) is 159 cm³/mol. The number of hydrogen-bond donors (Lipinski definition) is 1. The highest BCUT2D eigenvalue weighted by Gasteiger charge is 2.40. The van der Waals surface area contributed by atoms with Gasteiger partial charge < -0.3 is 18.7 Å². The predicted octanol–water partition coefficient (Wildman–Crippen LogP) is 6.65. The van der Waals surface area contributed by atoms with Crippen molar-refractivity contribution in [2.24, 2.45) is 0 Å². The van der Waals surface area contributed by atoms with Crippen molar-refractivity contribution >= 4 is 50.9 Å². The molecule has 1 aliphatic rings. The molecule has 38 heavy (non-hydrogen) atoms. The standard InChI is InChI=1S/C25H42Br2N4O5SSi/c1-24(2,3)37(32)30-19(23-28-21(26)22(27)31(23)18-33-16-17-38(4,5)6)10-8-7-9-12-25(34-14-15-35-25)20-11-13-36-29-20/h11,13,19,30H,7-10,12,14-18H2,1-6H3/t19-,37+/m0/s1. The van der Waals surface area contributed by atoms with Gasteiger partial charge in [-0.05, 0) is 71.5 Å². The van der Waals surface area contributed by atoms with Crippen LogP contribution in [0, 0.1) is 0 Å². The molecule has 216 valence electrons. The monoisotopic (exact) mass is 696 g/mol. The number of unbranched alkanes of at least 4 members (excludes halogenated alkanes) is 2. The molecule has 0 unspecified atom stereocenters. The van der Waals surface area contributed by atoms with Crippen molar-refractivity contribution in [1.82, 2.24) is 19.4 Å². The summed E-state index contributed by atoms with van der Waals surface area (Å²) in [6.07, 6.45) is 5.76. The Kier molecular flexibility index (Phi) is 11.8. The topological polar surface area (TPSA) is 101 Å². The Bertz CT molecular complexity index is 1030. The second kappa shape index (κ2) is 14.0. The number of aromatic nitrogens is 3. The highest BCUT2D eigenvalue weighted by Crippen LogP contribution is 2.36. The SMILES string of the molecule is CC(C)(C)[S@@](=O)N[C@@H](CCCCCC1(c2ccon2)OCCO1)c1nc(Br)c(Br)n1COCC[Si](C)(C)C. The molecule has 0 spiro atoms. The second-order valence-electron chi connectivity index (χ2n) is 11.8. The van der Waals surface area contributed by atoms with Gasteiger partial charge in [-0.25, -0.2) is 13.9 Å². The lowest BCUT2D eigenvalue weighted by Gasteiger charge is -2.26. The minimum atomic E-state index is -1.26. The molecule has 1 aliphatic heterocycles. The summed E-state index contributed by atoms with van der Waals surface area (Å²) >= 11 is 7.22. The van der Waals surface area contributed by atoms with E-state index in [2.05, 4.69) is 61.4 Å². The van der Waals surface area contributed by atoms with Gasteiger partial charge in [0.2, 0.25) is 5.79 Å². The highest BCUT2D eigenvalue weighted by molar-refractivity contribution is 9.13. The van der Waals surface area contributed by atoms with E-state index in [1.807, 2.05) is 25.3 Å². The van der Waals surface area contributed by atoms with E-state index >= 15 is 0 Å². The fourth-order valence-electron chi connectivity index (χ4n) is 4.06. The lowest BCUT2D eigenvalue weighted by atomic mass is 10.0. The third-order valence-corrected chi connectivity index (χ3v) is 11.5. The summed E-state index contributed by atoms with van der Waals surface area (Å²) in [5.74, 6) is -0.0201. The third kappa shape index (κ3) is 9.05. The molecule has 3 heterocycles. The second-order valence-corrected chi connectivity index (χ2v) is 20.9. The first kappa shape index (κ1) is 32.1. The van der Waals surface area contributed by atoms with E-state index in [9.17, 15) is 4.21 Å². The first-order valence-electron chi connectivity index (χ1n) is 13.2. The van der Waals surface area contributed by atoms with Crippen LogP contribution < -0.4 is 4.72 Å². The molecule has 2 aromatic rings. The van der Waals surface area contributed by atoms with Gasteiger partial charge in [0.05, 0.1) is 35.0 Å². The molecule has 1 N–H and O–H groups in total. The van der Waals surface area contributed by atoms with Gasteiger partial charge in [0.25, 0.3) is 0 Å². The number of rotatable bonds is 15. The van der Waals surface area contributed by atoms with Crippen LogP contribution in [0.4, 0.5) is 0 Å². The van der Waals surface area contributed by atoms with Crippen LogP contribution in [0.1, 0.15) is 70.4 Å². The number of halogens is 2. The van der Waals surface area contributed by atoms with Crippen molar-refractivity contribution in [3.63, 3.8) is 0 Å². The van der Waals surface area contributed by atoms with Crippen molar-refractivity contribution in [2.75, 3.05) is 19.8 Å². The maximum Gasteiger partial charge on any atom is 0.215 e. The fraction of sp³-hybridized carbons (Fsp3) is 0.760. The Hall–Kier alpha value is -0.413. The van der Waals surface area contributed by atoms with Crippen molar-refractivity contribution < 1.29 is 22.9 Å². The van der Waals surface area contributed by atoms with E-state index in [-0.39, 0.29) is 6.04 Å². The summed E-state index contributed by atoms with van der Waals surface area (Å²) in [5.41, 5.74) is 0.681. The fourth-order valence-corrected chi connectivity index (χ4v) is 6.42. The molecule has 0 aromatic carbocycles. The maximum atomic E-state index is 13.1. The van der Waals surface area contributed by atoms with Gasteiger partial charge in [-0.15, -0.1) is 0 Å². The summed E-state index contributed by atoms with van der Waals surface area (Å²) in [7, 11) is -2.45. The average Bonchev–Trinajstić information content (AvgIpc) is 3.57. The molecule has 3 rings (SSSR count). The molecule has 13 heteroatoms. The molecular formula is C25H42Br2N4O5SSi. The molecule has 9 nitrogen and oxygen atoms in total. The van der Waals surface area contributed by atoms with Crippen molar-refractivity contribution in [1.29, 1.82) is 0 Å². The number of imidazole rings is 1. The summed E-state index contributed by atoms with van der Waals surface area (Å²) in [6.45, 7) is 15.1. The summed E-state index contributed by atoms with van der Waals surface area (Å²) in [6, 6.07) is 2.69. The number of hydrogen-bond acceptors (Lipinski definition) is 7. The molecule has 2 atom stereocenters. The average molecular weight is 699 g/mol. The zero-order valence-electron chi connectivity index (χ0n) is 23.4. The van der Waals surface area contributed by atoms with E-state index in [1.165, 1.54) is 0 Å². The molecule has 0 bridgehead atoms. The Labute approximate surface area is 247 Å². The normalized spacial score (nSPS) is 17.7. The smallest absolute Gasteiger partial charge is 0.215 e. The first-order valence-corrected chi connectivity index (χ1v) is 19.6. The van der Waals surface area contributed by atoms with E-state index in [0.29, 0.717) is 43.3 Å². The minimum absolute atomic E-state index is 0.207. The van der Waals surface area contributed by atoms with Gasteiger partial charge in [0.15, 0.2) is 0 Å². The summed E-state index contributed by atoms with van der Waals surface area (Å²) < 4.78 is 42.6. The summed E-state index contributed by atoms with van der Waals surface area (Å²) in [4.78, 5) is 4.79. The van der Waals surface area contributed by atoms with Gasteiger partial charge in [-0.2, -0.15) is 0 Å².